The molecule has 0 aliphatic rings. The molecule has 2 rings (SSSR count). The Morgan fingerprint density at radius 2 is 2.21 bits per heavy atom. The van der Waals surface area contributed by atoms with Crippen molar-refractivity contribution in [1.82, 2.24) is 9.97 Å². The predicted molar refractivity (Wildman–Crippen MR) is 81.6 cm³/mol. The number of aromatic nitrogens is 2. The van der Waals surface area contributed by atoms with Crippen LogP contribution in [-0.4, -0.2) is 42.7 Å². The first-order valence-corrected chi connectivity index (χ1v) is 7.68. The smallest absolute Gasteiger partial charge is 0.140 e. The topological polar surface area (TPSA) is 38.2 Å². The van der Waals surface area contributed by atoms with Gasteiger partial charge in [-0.2, -0.15) is 0 Å². The average molecular weight is 300 g/mol. The van der Waals surface area contributed by atoms with Gasteiger partial charge in [-0.3, -0.25) is 0 Å². The Bertz CT molecular complexity index is 532. The zero-order valence-corrected chi connectivity index (χ0v) is 12.8. The van der Waals surface area contributed by atoms with Gasteiger partial charge in [0.05, 0.1) is 12.0 Å². The second-order valence-electron chi connectivity index (χ2n) is 4.15. The predicted octanol–water partition coefficient (Wildman–Crippen LogP) is 2.95. The molecule has 104 valence electrons. The summed E-state index contributed by atoms with van der Waals surface area (Å²) in [6.45, 7) is 4.35. The minimum absolute atomic E-state index is 0.569. The first kappa shape index (κ1) is 14.5. The molecule has 0 fully saturated rings. The lowest BCUT2D eigenvalue weighted by molar-refractivity contribution is 0.205. The summed E-state index contributed by atoms with van der Waals surface area (Å²) in [5.74, 6) is 1.53. The van der Waals surface area contributed by atoms with Crippen LogP contribution in [-0.2, 0) is 11.2 Å². The third-order valence-electron chi connectivity index (χ3n) is 2.93. The van der Waals surface area contributed by atoms with Gasteiger partial charge in [0.15, 0.2) is 0 Å². The highest BCUT2D eigenvalue weighted by molar-refractivity contribution is 7.18. The minimum Gasteiger partial charge on any atom is -0.383 e. The van der Waals surface area contributed by atoms with Crippen LogP contribution in [0.5, 0.6) is 0 Å². The van der Waals surface area contributed by atoms with Gasteiger partial charge in [0, 0.05) is 31.0 Å². The van der Waals surface area contributed by atoms with E-state index in [-0.39, 0.29) is 0 Å². The zero-order chi connectivity index (χ0) is 13.7. The number of ether oxygens (including phenoxy) is 1. The Labute approximate surface area is 122 Å². The van der Waals surface area contributed by atoms with Crippen molar-refractivity contribution in [2.45, 2.75) is 13.3 Å². The van der Waals surface area contributed by atoms with Gasteiger partial charge in [-0.1, -0.05) is 6.92 Å². The quantitative estimate of drug-likeness (QED) is 0.737. The van der Waals surface area contributed by atoms with Crippen molar-refractivity contribution < 1.29 is 4.74 Å². The molecule has 0 amide bonds. The molecule has 2 heterocycles. The first-order valence-electron chi connectivity index (χ1n) is 6.33. The number of thiophene rings is 1. The molecule has 0 aliphatic heterocycles. The second-order valence-corrected chi connectivity index (χ2v) is 5.64. The van der Waals surface area contributed by atoms with Crippen LogP contribution in [0, 0.1) is 0 Å². The Morgan fingerprint density at radius 3 is 2.89 bits per heavy atom. The standard InChI is InChI=1S/C13H18ClN3OS/c1-3-10-8-11-12(15-9-16-13(11)19-10)17(5-4-14)6-7-18-2/h8-9H,3-7H2,1-2H3. The monoisotopic (exact) mass is 299 g/mol. The molecular weight excluding hydrogens is 282 g/mol. The van der Waals surface area contributed by atoms with Crippen LogP contribution in [0.25, 0.3) is 10.2 Å². The molecule has 0 atom stereocenters. The van der Waals surface area contributed by atoms with Gasteiger partial charge in [0.25, 0.3) is 0 Å². The molecule has 0 N–H and O–H groups in total. The average Bonchev–Trinajstić information content (AvgIpc) is 2.86. The number of anilines is 1. The number of hydrogen-bond acceptors (Lipinski definition) is 5. The molecule has 19 heavy (non-hydrogen) atoms. The highest BCUT2D eigenvalue weighted by atomic mass is 35.5. The molecule has 0 saturated carbocycles. The summed E-state index contributed by atoms with van der Waals surface area (Å²) < 4.78 is 5.15. The molecule has 0 spiro atoms. The van der Waals surface area contributed by atoms with Crippen molar-refractivity contribution >= 4 is 39.0 Å². The lowest BCUT2D eigenvalue weighted by Crippen LogP contribution is -2.30. The first-order chi connectivity index (χ1) is 9.30. The third-order valence-corrected chi connectivity index (χ3v) is 4.28. The molecule has 2 aromatic heterocycles. The summed E-state index contributed by atoms with van der Waals surface area (Å²) in [6, 6.07) is 2.18. The van der Waals surface area contributed by atoms with E-state index in [1.807, 2.05) is 0 Å². The number of halogens is 1. The summed E-state index contributed by atoms with van der Waals surface area (Å²) >= 11 is 7.61. The van der Waals surface area contributed by atoms with Gasteiger partial charge in [-0.25, -0.2) is 9.97 Å². The van der Waals surface area contributed by atoms with Crippen LogP contribution < -0.4 is 4.90 Å². The highest BCUT2D eigenvalue weighted by Crippen LogP contribution is 2.30. The van der Waals surface area contributed by atoms with Crippen LogP contribution in [0.4, 0.5) is 5.82 Å². The normalized spacial score (nSPS) is 11.1. The number of aryl methyl sites for hydroxylation is 1. The van der Waals surface area contributed by atoms with Gasteiger partial charge in [0.2, 0.25) is 0 Å². The van der Waals surface area contributed by atoms with Crippen molar-refractivity contribution in [2.24, 2.45) is 0 Å². The van der Waals surface area contributed by atoms with E-state index >= 15 is 0 Å². The van der Waals surface area contributed by atoms with E-state index in [0.29, 0.717) is 12.5 Å². The molecule has 2 aromatic rings. The second kappa shape index (κ2) is 7.03. The molecule has 0 aromatic carbocycles. The number of alkyl halides is 1. The van der Waals surface area contributed by atoms with E-state index < -0.39 is 0 Å². The zero-order valence-electron chi connectivity index (χ0n) is 11.2. The molecule has 0 aliphatic carbocycles. The largest absolute Gasteiger partial charge is 0.383 e. The van der Waals surface area contributed by atoms with Gasteiger partial charge >= 0.3 is 0 Å². The molecule has 0 bridgehead atoms. The number of rotatable bonds is 7. The summed E-state index contributed by atoms with van der Waals surface area (Å²) in [7, 11) is 1.70. The Hall–Kier alpha value is -0.910. The maximum atomic E-state index is 5.89. The maximum Gasteiger partial charge on any atom is 0.140 e. The van der Waals surface area contributed by atoms with Crippen LogP contribution >= 0.6 is 22.9 Å². The van der Waals surface area contributed by atoms with Crippen molar-refractivity contribution in [1.29, 1.82) is 0 Å². The van der Waals surface area contributed by atoms with Crippen molar-refractivity contribution in [3.05, 3.63) is 17.3 Å². The summed E-state index contributed by atoms with van der Waals surface area (Å²) in [5, 5.41) is 1.12. The van der Waals surface area contributed by atoms with Gasteiger partial charge in [-0.05, 0) is 12.5 Å². The molecule has 6 heteroatoms. The van der Waals surface area contributed by atoms with Crippen LogP contribution in [0.15, 0.2) is 12.4 Å². The van der Waals surface area contributed by atoms with E-state index in [9.17, 15) is 0 Å². The maximum absolute atomic E-state index is 5.89. The van der Waals surface area contributed by atoms with E-state index in [1.165, 1.54) is 4.88 Å². The molecule has 0 radical (unpaired) electrons. The van der Waals surface area contributed by atoms with E-state index in [1.54, 1.807) is 24.8 Å². The fourth-order valence-corrected chi connectivity index (χ4v) is 3.08. The summed E-state index contributed by atoms with van der Waals surface area (Å²) in [4.78, 5) is 13.3. The number of hydrogen-bond donors (Lipinski definition) is 0. The van der Waals surface area contributed by atoms with E-state index in [0.717, 1.165) is 35.5 Å². The van der Waals surface area contributed by atoms with Crippen molar-refractivity contribution in [3.8, 4) is 0 Å². The van der Waals surface area contributed by atoms with Crippen molar-refractivity contribution in [2.75, 3.05) is 37.6 Å². The SMILES string of the molecule is CCc1cc2c(N(CCCl)CCOC)ncnc2s1. The fourth-order valence-electron chi connectivity index (χ4n) is 1.95. The summed E-state index contributed by atoms with van der Waals surface area (Å²) in [5.41, 5.74) is 0. The lowest BCUT2D eigenvalue weighted by atomic mass is 10.3. The van der Waals surface area contributed by atoms with Crippen LogP contribution in [0.3, 0.4) is 0 Å². The molecular formula is C13H18ClN3OS. The number of methoxy groups -OCH3 is 1. The Morgan fingerprint density at radius 1 is 1.37 bits per heavy atom. The minimum atomic E-state index is 0.569. The molecule has 0 saturated heterocycles. The molecule has 0 unspecified atom stereocenters. The van der Waals surface area contributed by atoms with Crippen LogP contribution in [0.2, 0.25) is 0 Å². The van der Waals surface area contributed by atoms with E-state index in [2.05, 4.69) is 27.9 Å². The van der Waals surface area contributed by atoms with Gasteiger partial charge in [-0.15, -0.1) is 22.9 Å². The van der Waals surface area contributed by atoms with Crippen LogP contribution in [0.1, 0.15) is 11.8 Å². The number of nitrogens with zero attached hydrogens (tertiary/aromatic N) is 3. The summed E-state index contributed by atoms with van der Waals surface area (Å²) in [6.07, 6.45) is 2.65. The van der Waals surface area contributed by atoms with Gasteiger partial charge in [0.1, 0.15) is 17.0 Å². The highest BCUT2D eigenvalue weighted by Gasteiger charge is 2.14. The molecule has 4 nitrogen and oxygen atoms in total. The number of fused-ring (bicyclic) bond motifs is 1. The van der Waals surface area contributed by atoms with Gasteiger partial charge < -0.3 is 9.64 Å². The van der Waals surface area contributed by atoms with Crippen molar-refractivity contribution in [3.63, 3.8) is 0 Å². The lowest BCUT2D eigenvalue weighted by Gasteiger charge is -2.22. The third kappa shape index (κ3) is 3.35. The fraction of sp³-hybridized carbons (Fsp3) is 0.538. The Balaban J connectivity index is 2.37. The Kier molecular flexibility index (Phi) is 5.36. The van der Waals surface area contributed by atoms with E-state index in [4.69, 9.17) is 16.3 Å².